The summed E-state index contributed by atoms with van der Waals surface area (Å²) in [5, 5.41) is 13.2. The summed E-state index contributed by atoms with van der Waals surface area (Å²) >= 11 is 0. The Kier molecular flexibility index (Phi) is 5.40. The van der Waals surface area contributed by atoms with Crippen LogP contribution in [0.3, 0.4) is 0 Å². The third kappa shape index (κ3) is 3.71. The number of benzene rings is 2. The Bertz CT molecular complexity index is 1020. The lowest BCUT2D eigenvalue weighted by molar-refractivity contribution is -0.138. The molecule has 0 aliphatic carbocycles. The number of methoxy groups -OCH3 is 1. The second-order valence-electron chi connectivity index (χ2n) is 6.93. The van der Waals surface area contributed by atoms with Gasteiger partial charge in [0.2, 0.25) is 0 Å². The minimum atomic E-state index is -1.09. The van der Waals surface area contributed by atoms with E-state index in [9.17, 15) is 14.7 Å². The first-order valence-electron chi connectivity index (χ1n) is 9.14. The van der Waals surface area contributed by atoms with Gasteiger partial charge < -0.3 is 19.7 Å². The van der Waals surface area contributed by atoms with Crippen molar-refractivity contribution < 1.29 is 19.4 Å². The van der Waals surface area contributed by atoms with Crippen LogP contribution in [0.4, 0.5) is 0 Å². The second kappa shape index (κ2) is 7.76. The van der Waals surface area contributed by atoms with E-state index in [1.165, 1.54) is 0 Å². The van der Waals surface area contributed by atoms with Crippen LogP contribution in [-0.2, 0) is 16.9 Å². The number of aliphatic carboxylic acids is 1. The van der Waals surface area contributed by atoms with E-state index in [0.29, 0.717) is 16.9 Å². The molecule has 0 radical (unpaired) electrons. The SMILES string of the molecule is CCn1cc(C(=O)NC(C)(CC(=O)O)c2cccc(OC)c2)c2ccccc21. The average Bonchev–Trinajstić information content (AvgIpc) is 3.06. The summed E-state index contributed by atoms with van der Waals surface area (Å²) < 4.78 is 7.26. The molecule has 0 aliphatic heterocycles. The van der Waals surface area contributed by atoms with Crippen molar-refractivity contribution in [1.82, 2.24) is 9.88 Å². The third-order valence-electron chi connectivity index (χ3n) is 4.97. The number of ether oxygens (including phenoxy) is 1. The zero-order chi connectivity index (χ0) is 20.3. The number of carboxylic acid groups (broad SMARTS) is 1. The summed E-state index contributed by atoms with van der Waals surface area (Å²) in [7, 11) is 1.55. The van der Waals surface area contributed by atoms with Crippen LogP contribution >= 0.6 is 0 Å². The van der Waals surface area contributed by atoms with E-state index in [4.69, 9.17) is 4.74 Å². The Morgan fingerprint density at radius 2 is 1.93 bits per heavy atom. The number of fused-ring (bicyclic) bond motifs is 1. The maximum absolute atomic E-state index is 13.2. The van der Waals surface area contributed by atoms with Crippen molar-refractivity contribution in [1.29, 1.82) is 0 Å². The van der Waals surface area contributed by atoms with Crippen LogP contribution in [0, 0.1) is 0 Å². The fraction of sp³-hybridized carbons (Fsp3) is 0.273. The fourth-order valence-electron chi connectivity index (χ4n) is 3.49. The minimum Gasteiger partial charge on any atom is -0.497 e. The smallest absolute Gasteiger partial charge is 0.306 e. The maximum Gasteiger partial charge on any atom is 0.306 e. The first-order chi connectivity index (χ1) is 13.4. The lowest BCUT2D eigenvalue weighted by Gasteiger charge is -2.30. The molecule has 0 bridgehead atoms. The van der Waals surface area contributed by atoms with Gasteiger partial charge in [-0.1, -0.05) is 30.3 Å². The van der Waals surface area contributed by atoms with Crippen LogP contribution in [0.15, 0.2) is 54.7 Å². The van der Waals surface area contributed by atoms with Gasteiger partial charge in [0, 0.05) is 23.6 Å². The molecule has 2 aromatic carbocycles. The van der Waals surface area contributed by atoms with Gasteiger partial charge in [0.05, 0.1) is 24.6 Å². The molecule has 1 atom stereocenters. The maximum atomic E-state index is 13.2. The second-order valence-corrected chi connectivity index (χ2v) is 6.93. The largest absolute Gasteiger partial charge is 0.497 e. The zero-order valence-electron chi connectivity index (χ0n) is 16.2. The summed E-state index contributed by atoms with van der Waals surface area (Å²) in [6, 6.07) is 14.8. The fourth-order valence-corrected chi connectivity index (χ4v) is 3.49. The van der Waals surface area contributed by atoms with E-state index < -0.39 is 11.5 Å². The topological polar surface area (TPSA) is 80.6 Å². The molecule has 146 valence electrons. The normalized spacial score (nSPS) is 13.1. The van der Waals surface area contributed by atoms with E-state index in [-0.39, 0.29) is 12.3 Å². The van der Waals surface area contributed by atoms with Gasteiger partial charge in [0.15, 0.2) is 0 Å². The highest BCUT2D eigenvalue weighted by Crippen LogP contribution is 2.29. The molecule has 28 heavy (non-hydrogen) atoms. The van der Waals surface area contributed by atoms with Gasteiger partial charge in [-0.2, -0.15) is 0 Å². The van der Waals surface area contributed by atoms with Crippen molar-refractivity contribution in [2.24, 2.45) is 0 Å². The number of nitrogens with one attached hydrogen (secondary N) is 1. The number of rotatable bonds is 7. The molecule has 2 N–H and O–H groups in total. The first-order valence-corrected chi connectivity index (χ1v) is 9.14. The molecule has 0 spiro atoms. The monoisotopic (exact) mass is 380 g/mol. The molecule has 6 nitrogen and oxygen atoms in total. The van der Waals surface area contributed by atoms with E-state index >= 15 is 0 Å². The standard InChI is InChI=1S/C22H24N2O4/c1-4-24-14-18(17-10-5-6-11-19(17)24)21(27)23-22(2,13-20(25)26)15-8-7-9-16(12-15)28-3/h5-12,14H,4,13H2,1-3H3,(H,23,27)(H,25,26). The number of carbonyl (C=O) groups excluding carboxylic acids is 1. The number of nitrogens with zero attached hydrogens (tertiary/aromatic N) is 1. The van der Waals surface area contributed by atoms with Gasteiger partial charge in [0.1, 0.15) is 5.75 Å². The highest BCUT2D eigenvalue weighted by Gasteiger charge is 2.33. The summed E-state index contributed by atoms with van der Waals surface area (Å²) in [6.07, 6.45) is 1.56. The summed E-state index contributed by atoms with van der Waals surface area (Å²) in [4.78, 5) is 24.7. The predicted molar refractivity (Wildman–Crippen MR) is 108 cm³/mol. The highest BCUT2D eigenvalue weighted by atomic mass is 16.5. The number of carboxylic acids is 1. The van der Waals surface area contributed by atoms with Gasteiger partial charge in [0.25, 0.3) is 5.91 Å². The summed E-state index contributed by atoms with van der Waals surface area (Å²) in [6.45, 7) is 4.46. The summed E-state index contributed by atoms with van der Waals surface area (Å²) in [5.41, 5.74) is 1.07. The number of aryl methyl sites for hydroxylation is 1. The van der Waals surface area contributed by atoms with Crippen molar-refractivity contribution in [2.45, 2.75) is 32.4 Å². The molecular formula is C22H24N2O4. The van der Waals surface area contributed by atoms with Gasteiger partial charge >= 0.3 is 5.97 Å². The van der Waals surface area contributed by atoms with Crippen LogP contribution in [0.5, 0.6) is 5.75 Å². The zero-order valence-corrected chi connectivity index (χ0v) is 16.2. The van der Waals surface area contributed by atoms with Crippen LogP contribution in [-0.4, -0.2) is 28.7 Å². The van der Waals surface area contributed by atoms with Gasteiger partial charge in [-0.25, -0.2) is 0 Å². The Morgan fingerprint density at radius 1 is 1.18 bits per heavy atom. The molecule has 1 heterocycles. The van der Waals surface area contributed by atoms with Crippen LogP contribution in [0.25, 0.3) is 10.9 Å². The molecule has 0 fully saturated rings. The van der Waals surface area contributed by atoms with Crippen molar-refractivity contribution in [2.75, 3.05) is 7.11 Å². The van der Waals surface area contributed by atoms with E-state index in [2.05, 4.69) is 5.32 Å². The number of hydrogen-bond donors (Lipinski definition) is 2. The van der Waals surface area contributed by atoms with Crippen LogP contribution < -0.4 is 10.1 Å². The van der Waals surface area contributed by atoms with Gasteiger partial charge in [-0.05, 0) is 37.6 Å². The minimum absolute atomic E-state index is 0.252. The van der Waals surface area contributed by atoms with Crippen molar-refractivity contribution in [3.05, 3.63) is 65.9 Å². The van der Waals surface area contributed by atoms with E-state index in [0.717, 1.165) is 17.4 Å². The van der Waals surface area contributed by atoms with E-state index in [1.807, 2.05) is 42.0 Å². The third-order valence-corrected chi connectivity index (χ3v) is 4.97. The first kappa shape index (κ1) is 19.5. The molecule has 6 heteroatoms. The number of aromatic nitrogens is 1. The Hall–Kier alpha value is -3.28. The van der Waals surface area contributed by atoms with Crippen molar-refractivity contribution >= 4 is 22.8 Å². The molecule has 0 aliphatic rings. The summed E-state index contributed by atoms with van der Waals surface area (Å²) in [5.74, 6) is -0.706. The molecule has 1 unspecified atom stereocenters. The number of hydrogen-bond acceptors (Lipinski definition) is 3. The molecule has 3 rings (SSSR count). The lowest BCUT2D eigenvalue weighted by atomic mass is 9.88. The molecular weight excluding hydrogens is 356 g/mol. The van der Waals surface area contributed by atoms with Gasteiger partial charge in [-0.3, -0.25) is 9.59 Å². The molecule has 1 aromatic heterocycles. The average molecular weight is 380 g/mol. The van der Waals surface area contributed by atoms with Crippen molar-refractivity contribution in [3.8, 4) is 5.75 Å². The number of carbonyl (C=O) groups is 2. The Balaban J connectivity index is 2.02. The van der Waals surface area contributed by atoms with Gasteiger partial charge in [-0.15, -0.1) is 0 Å². The molecule has 0 saturated carbocycles. The quantitative estimate of drug-likeness (QED) is 0.653. The van der Waals surface area contributed by atoms with Crippen molar-refractivity contribution in [3.63, 3.8) is 0 Å². The molecule has 3 aromatic rings. The molecule has 1 amide bonds. The number of para-hydroxylation sites is 1. The molecule has 0 saturated heterocycles. The predicted octanol–water partition coefficient (Wildman–Crippen LogP) is 3.79. The Labute approximate surface area is 163 Å². The van der Waals surface area contributed by atoms with Crippen LogP contribution in [0.2, 0.25) is 0 Å². The Morgan fingerprint density at radius 3 is 2.61 bits per heavy atom. The lowest BCUT2D eigenvalue weighted by Crippen LogP contribution is -2.45. The highest BCUT2D eigenvalue weighted by molar-refractivity contribution is 6.07. The van der Waals surface area contributed by atoms with E-state index in [1.54, 1.807) is 38.3 Å². The number of amides is 1. The van der Waals surface area contributed by atoms with Crippen LogP contribution in [0.1, 0.15) is 36.2 Å².